The van der Waals surface area contributed by atoms with E-state index in [4.69, 9.17) is 5.73 Å². The van der Waals surface area contributed by atoms with Crippen molar-refractivity contribution in [3.8, 4) is 0 Å². The number of nitrogens with two attached hydrogens (primary N) is 1. The zero-order chi connectivity index (χ0) is 9.26. The highest BCUT2D eigenvalue weighted by atomic mass is 127. The van der Waals surface area contributed by atoms with E-state index in [-0.39, 0.29) is 0 Å². The minimum atomic E-state index is 0.677. The Morgan fingerprint density at radius 3 is 3.08 bits per heavy atom. The summed E-state index contributed by atoms with van der Waals surface area (Å²) in [5.41, 5.74) is 6.57. The third-order valence-corrected chi connectivity index (χ3v) is 3.50. The molecule has 0 fully saturated rings. The number of fused-ring (bicyclic) bond motifs is 1. The van der Waals surface area contributed by atoms with Gasteiger partial charge in [-0.1, -0.05) is 0 Å². The smallest absolute Gasteiger partial charge is 0.0951 e. The van der Waals surface area contributed by atoms with Crippen LogP contribution in [0.25, 0.3) is 10.2 Å². The molecule has 0 spiro atoms. The van der Waals surface area contributed by atoms with Gasteiger partial charge < -0.3 is 5.73 Å². The Kier molecular flexibility index (Phi) is 2.80. The van der Waals surface area contributed by atoms with Gasteiger partial charge in [0.05, 0.1) is 15.2 Å². The van der Waals surface area contributed by atoms with E-state index in [9.17, 15) is 0 Å². The fraction of sp³-hybridized carbons (Fsp3) is 0.222. The minimum Gasteiger partial charge on any atom is -0.330 e. The standard InChI is InChI=1S/C9H9IN2S/c10-6-1-2-7-8(5-6)13-9(12-7)3-4-11/h1-2,5H,3-4,11H2. The molecule has 0 aliphatic heterocycles. The Labute approximate surface area is 94.3 Å². The maximum atomic E-state index is 5.48. The Hall–Kier alpha value is -0.200. The second-order valence-electron chi connectivity index (χ2n) is 2.76. The average Bonchev–Trinajstić information content (AvgIpc) is 2.46. The number of halogens is 1. The van der Waals surface area contributed by atoms with Crippen LogP contribution in [0.2, 0.25) is 0 Å². The summed E-state index contributed by atoms with van der Waals surface area (Å²) >= 11 is 4.05. The predicted octanol–water partition coefficient (Wildman–Crippen LogP) is 2.40. The van der Waals surface area contributed by atoms with E-state index in [1.807, 2.05) is 0 Å². The monoisotopic (exact) mass is 304 g/mol. The van der Waals surface area contributed by atoms with Crippen LogP contribution in [0.15, 0.2) is 18.2 Å². The quantitative estimate of drug-likeness (QED) is 0.865. The Morgan fingerprint density at radius 1 is 1.46 bits per heavy atom. The van der Waals surface area contributed by atoms with Gasteiger partial charge in [0.15, 0.2) is 0 Å². The van der Waals surface area contributed by atoms with Crippen molar-refractivity contribution in [1.29, 1.82) is 0 Å². The van der Waals surface area contributed by atoms with E-state index in [1.54, 1.807) is 11.3 Å². The molecule has 4 heteroatoms. The fourth-order valence-electron chi connectivity index (χ4n) is 1.18. The van der Waals surface area contributed by atoms with Crippen molar-refractivity contribution in [1.82, 2.24) is 4.98 Å². The van der Waals surface area contributed by atoms with Gasteiger partial charge in [-0.05, 0) is 47.3 Å². The number of aromatic nitrogens is 1. The topological polar surface area (TPSA) is 38.9 Å². The molecule has 1 heterocycles. The number of rotatable bonds is 2. The van der Waals surface area contributed by atoms with Crippen molar-refractivity contribution < 1.29 is 0 Å². The number of benzene rings is 1. The van der Waals surface area contributed by atoms with Crippen molar-refractivity contribution in [2.45, 2.75) is 6.42 Å². The molecule has 0 saturated heterocycles. The van der Waals surface area contributed by atoms with Gasteiger partial charge >= 0.3 is 0 Å². The Balaban J connectivity index is 2.49. The maximum Gasteiger partial charge on any atom is 0.0951 e. The second-order valence-corrected chi connectivity index (χ2v) is 5.12. The van der Waals surface area contributed by atoms with Crippen LogP contribution in [-0.2, 0) is 6.42 Å². The highest BCUT2D eigenvalue weighted by Gasteiger charge is 2.02. The fourth-order valence-corrected chi connectivity index (χ4v) is 2.90. The van der Waals surface area contributed by atoms with Gasteiger partial charge in [0, 0.05) is 9.99 Å². The average molecular weight is 304 g/mol. The molecule has 0 bridgehead atoms. The van der Waals surface area contributed by atoms with Crippen molar-refractivity contribution in [3.63, 3.8) is 0 Å². The van der Waals surface area contributed by atoms with Crippen molar-refractivity contribution >= 4 is 44.1 Å². The molecular formula is C9H9IN2S. The summed E-state index contributed by atoms with van der Waals surface area (Å²) in [6.07, 6.45) is 0.885. The van der Waals surface area contributed by atoms with Gasteiger partial charge in [0.2, 0.25) is 0 Å². The Bertz CT molecular complexity index is 424. The van der Waals surface area contributed by atoms with Crippen molar-refractivity contribution in [2.24, 2.45) is 5.73 Å². The van der Waals surface area contributed by atoms with E-state index in [2.05, 4.69) is 45.8 Å². The first-order valence-electron chi connectivity index (χ1n) is 4.04. The lowest BCUT2D eigenvalue weighted by Gasteiger charge is -1.87. The number of hydrogen-bond donors (Lipinski definition) is 1. The molecule has 1 aromatic carbocycles. The zero-order valence-electron chi connectivity index (χ0n) is 6.96. The van der Waals surface area contributed by atoms with E-state index in [0.29, 0.717) is 6.54 Å². The molecule has 0 atom stereocenters. The predicted molar refractivity (Wildman–Crippen MR) is 65.1 cm³/mol. The van der Waals surface area contributed by atoms with E-state index < -0.39 is 0 Å². The van der Waals surface area contributed by atoms with Gasteiger partial charge in [-0.25, -0.2) is 4.98 Å². The minimum absolute atomic E-state index is 0.677. The summed E-state index contributed by atoms with van der Waals surface area (Å²) in [7, 11) is 0. The highest BCUT2D eigenvalue weighted by molar-refractivity contribution is 14.1. The normalized spacial score (nSPS) is 10.9. The second kappa shape index (κ2) is 3.89. The SMILES string of the molecule is NCCc1nc2ccc(I)cc2s1. The van der Waals surface area contributed by atoms with Crippen LogP contribution in [0.5, 0.6) is 0 Å². The first-order chi connectivity index (χ1) is 6.29. The lowest BCUT2D eigenvalue weighted by Crippen LogP contribution is -2.01. The van der Waals surface area contributed by atoms with Crippen LogP contribution in [0, 0.1) is 3.57 Å². The van der Waals surface area contributed by atoms with Gasteiger partial charge in [-0.3, -0.25) is 0 Å². The van der Waals surface area contributed by atoms with Crippen molar-refractivity contribution in [2.75, 3.05) is 6.54 Å². The van der Waals surface area contributed by atoms with Crippen molar-refractivity contribution in [3.05, 3.63) is 26.8 Å². The maximum absolute atomic E-state index is 5.48. The van der Waals surface area contributed by atoms with Gasteiger partial charge in [0.1, 0.15) is 0 Å². The molecule has 0 radical (unpaired) electrons. The lowest BCUT2D eigenvalue weighted by atomic mass is 10.3. The van der Waals surface area contributed by atoms with Gasteiger partial charge in [0.25, 0.3) is 0 Å². The first-order valence-corrected chi connectivity index (χ1v) is 5.94. The first kappa shape index (κ1) is 9.36. The summed E-state index contributed by atoms with van der Waals surface area (Å²) in [6, 6.07) is 6.30. The zero-order valence-corrected chi connectivity index (χ0v) is 9.93. The summed E-state index contributed by atoms with van der Waals surface area (Å²) in [6.45, 7) is 0.677. The molecule has 2 nitrogen and oxygen atoms in total. The van der Waals surface area contributed by atoms with Crippen LogP contribution in [0.4, 0.5) is 0 Å². The molecule has 2 rings (SSSR count). The molecule has 0 amide bonds. The lowest BCUT2D eigenvalue weighted by molar-refractivity contribution is 0.958. The summed E-state index contributed by atoms with van der Waals surface area (Å²) in [5.74, 6) is 0. The van der Waals surface area contributed by atoms with E-state index >= 15 is 0 Å². The van der Waals surface area contributed by atoms with Crippen LogP contribution in [-0.4, -0.2) is 11.5 Å². The van der Waals surface area contributed by atoms with Gasteiger partial charge in [-0.15, -0.1) is 11.3 Å². The third kappa shape index (κ3) is 2.00. The van der Waals surface area contributed by atoms with E-state index in [1.165, 1.54) is 8.27 Å². The van der Waals surface area contributed by atoms with Crippen LogP contribution in [0.3, 0.4) is 0 Å². The van der Waals surface area contributed by atoms with E-state index in [0.717, 1.165) is 16.9 Å². The molecule has 2 N–H and O–H groups in total. The summed E-state index contributed by atoms with van der Waals surface area (Å²) in [5, 5.41) is 1.14. The van der Waals surface area contributed by atoms with Crippen LogP contribution >= 0.6 is 33.9 Å². The molecule has 0 aliphatic carbocycles. The summed E-state index contributed by atoms with van der Waals surface area (Å²) < 4.78 is 2.52. The molecule has 0 saturated carbocycles. The van der Waals surface area contributed by atoms with Crippen LogP contribution < -0.4 is 5.73 Å². The third-order valence-electron chi connectivity index (χ3n) is 1.75. The van der Waals surface area contributed by atoms with Crippen LogP contribution in [0.1, 0.15) is 5.01 Å². The molecular weight excluding hydrogens is 295 g/mol. The molecule has 0 unspecified atom stereocenters. The molecule has 2 aromatic rings. The highest BCUT2D eigenvalue weighted by Crippen LogP contribution is 2.23. The number of hydrogen-bond acceptors (Lipinski definition) is 3. The molecule has 1 aromatic heterocycles. The largest absolute Gasteiger partial charge is 0.330 e. The summed E-state index contributed by atoms with van der Waals surface area (Å²) in [4.78, 5) is 4.48. The number of thiazole rings is 1. The molecule has 13 heavy (non-hydrogen) atoms. The Morgan fingerprint density at radius 2 is 2.31 bits per heavy atom. The molecule has 0 aliphatic rings. The molecule has 68 valence electrons. The van der Waals surface area contributed by atoms with Gasteiger partial charge in [-0.2, -0.15) is 0 Å². The number of nitrogens with zero attached hydrogens (tertiary/aromatic N) is 1.